The lowest BCUT2D eigenvalue weighted by atomic mass is 9.97. The zero-order chi connectivity index (χ0) is 19.1. The van der Waals surface area contributed by atoms with Gasteiger partial charge in [-0.3, -0.25) is 9.36 Å². The Kier molecular flexibility index (Phi) is 4.10. The lowest BCUT2D eigenvalue weighted by Crippen LogP contribution is -2.19. The van der Waals surface area contributed by atoms with Gasteiger partial charge in [0.2, 0.25) is 0 Å². The van der Waals surface area contributed by atoms with Crippen molar-refractivity contribution in [2.75, 3.05) is 0 Å². The molecule has 5 aromatic rings. The van der Waals surface area contributed by atoms with Crippen molar-refractivity contribution in [3.8, 4) is 16.8 Å². The van der Waals surface area contributed by atoms with Gasteiger partial charge in [-0.15, -0.1) is 0 Å². The maximum Gasteiger partial charge on any atom is 0.264 e. The number of aromatic nitrogens is 1. The Morgan fingerprint density at radius 2 is 1.32 bits per heavy atom. The van der Waals surface area contributed by atoms with Crippen molar-refractivity contribution in [3.63, 3.8) is 0 Å². The highest BCUT2D eigenvalue weighted by molar-refractivity contribution is 9.10. The first-order valence-electron chi connectivity index (χ1n) is 9.12. The topological polar surface area (TPSA) is 22.0 Å². The summed E-state index contributed by atoms with van der Waals surface area (Å²) in [5.74, 6) is 0. The number of rotatable bonds is 2. The summed E-state index contributed by atoms with van der Waals surface area (Å²) < 4.78 is 2.80. The summed E-state index contributed by atoms with van der Waals surface area (Å²) in [5.41, 5.74) is 3.76. The third-order valence-electron chi connectivity index (χ3n) is 5.09. The minimum atomic E-state index is -0.00419. The zero-order valence-corrected chi connectivity index (χ0v) is 16.6. The molecule has 0 unspecified atom stereocenters. The van der Waals surface area contributed by atoms with E-state index in [9.17, 15) is 4.79 Å². The van der Waals surface area contributed by atoms with E-state index in [2.05, 4.69) is 22.0 Å². The SMILES string of the molecule is O=c1c2c(-c3ccccc3)cccc2c2ccccc2n1-c1ccc(Br)cc1. The van der Waals surface area contributed by atoms with Crippen molar-refractivity contribution < 1.29 is 0 Å². The van der Waals surface area contributed by atoms with Gasteiger partial charge in [0, 0.05) is 15.5 Å². The molecule has 2 nitrogen and oxygen atoms in total. The molecule has 4 aromatic carbocycles. The van der Waals surface area contributed by atoms with Gasteiger partial charge in [-0.25, -0.2) is 0 Å². The molecule has 0 bridgehead atoms. The number of nitrogens with zero attached hydrogens (tertiary/aromatic N) is 1. The maximum absolute atomic E-state index is 13.8. The molecular weight excluding hydrogens is 410 g/mol. The zero-order valence-electron chi connectivity index (χ0n) is 15.0. The molecular formula is C25H16BrNO. The Bertz CT molecular complexity index is 1370. The number of halogens is 1. The summed E-state index contributed by atoms with van der Waals surface area (Å²) in [6.07, 6.45) is 0. The van der Waals surface area contributed by atoms with Gasteiger partial charge in [0.05, 0.1) is 10.9 Å². The van der Waals surface area contributed by atoms with E-state index in [1.807, 2.05) is 95.6 Å². The molecule has 0 spiro atoms. The average molecular weight is 426 g/mol. The van der Waals surface area contributed by atoms with Crippen LogP contribution in [-0.4, -0.2) is 4.57 Å². The van der Waals surface area contributed by atoms with Crippen LogP contribution >= 0.6 is 15.9 Å². The van der Waals surface area contributed by atoms with Crippen LogP contribution in [-0.2, 0) is 0 Å². The minimum Gasteiger partial charge on any atom is -0.276 e. The smallest absolute Gasteiger partial charge is 0.264 e. The summed E-state index contributed by atoms with van der Waals surface area (Å²) in [4.78, 5) is 13.8. The molecule has 0 saturated carbocycles. The Balaban J connectivity index is 1.98. The molecule has 0 N–H and O–H groups in total. The van der Waals surface area contributed by atoms with Crippen molar-refractivity contribution in [2.45, 2.75) is 0 Å². The molecule has 134 valence electrons. The number of fused-ring (bicyclic) bond motifs is 3. The molecule has 5 rings (SSSR count). The van der Waals surface area contributed by atoms with Crippen LogP contribution in [0.2, 0.25) is 0 Å². The second-order valence-electron chi connectivity index (χ2n) is 6.73. The van der Waals surface area contributed by atoms with Crippen LogP contribution in [0.25, 0.3) is 38.5 Å². The van der Waals surface area contributed by atoms with Crippen molar-refractivity contribution in [2.24, 2.45) is 0 Å². The van der Waals surface area contributed by atoms with Gasteiger partial charge in [-0.1, -0.05) is 82.7 Å². The fourth-order valence-corrected chi connectivity index (χ4v) is 4.09. The van der Waals surface area contributed by atoms with E-state index in [1.54, 1.807) is 0 Å². The maximum atomic E-state index is 13.8. The van der Waals surface area contributed by atoms with Crippen molar-refractivity contribution in [1.82, 2.24) is 4.57 Å². The third kappa shape index (κ3) is 2.67. The van der Waals surface area contributed by atoms with E-state index in [-0.39, 0.29) is 5.56 Å². The summed E-state index contributed by atoms with van der Waals surface area (Å²) in [7, 11) is 0. The molecule has 0 saturated heterocycles. The number of pyridine rings is 1. The van der Waals surface area contributed by atoms with Gasteiger partial charge in [-0.2, -0.15) is 0 Å². The predicted octanol–water partition coefficient (Wildman–Crippen LogP) is 6.57. The highest BCUT2D eigenvalue weighted by Gasteiger charge is 2.15. The number of hydrogen-bond donors (Lipinski definition) is 0. The van der Waals surface area contributed by atoms with Crippen molar-refractivity contribution in [3.05, 3.63) is 112 Å². The average Bonchev–Trinajstić information content (AvgIpc) is 2.75. The molecule has 1 heterocycles. The Labute approximate surface area is 170 Å². The van der Waals surface area contributed by atoms with Crippen molar-refractivity contribution in [1.29, 1.82) is 0 Å². The molecule has 0 aliphatic rings. The van der Waals surface area contributed by atoms with Gasteiger partial charge in [0.15, 0.2) is 0 Å². The highest BCUT2D eigenvalue weighted by Crippen LogP contribution is 2.31. The van der Waals surface area contributed by atoms with Crippen LogP contribution in [0.1, 0.15) is 0 Å². The molecule has 0 aliphatic carbocycles. The van der Waals surface area contributed by atoms with Crippen LogP contribution in [0.3, 0.4) is 0 Å². The minimum absolute atomic E-state index is 0.00419. The molecule has 3 heteroatoms. The van der Waals surface area contributed by atoms with Crippen LogP contribution < -0.4 is 5.56 Å². The second-order valence-corrected chi connectivity index (χ2v) is 7.64. The Morgan fingerprint density at radius 1 is 0.643 bits per heavy atom. The Morgan fingerprint density at radius 3 is 2.11 bits per heavy atom. The Hall–Kier alpha value is -3.17. The molecule has 1 aromatic heterocycles. The first-order chi connectivity index (χ1) is 13.7. The van der Waals surface area contributed by atoms with E-state index >= 15 is 0 Å². The number of hydrogen-bond acceptors (Lipinski definition) is 1. The van der Waals surface area contributed by atoms with Gasteiger partial charge in [-0.05, 0) is 46.8 Å². The van der Waals surface area contributed by atoms with E-state index in [1.165, 1.54) is 0 Å². The second kappa shape index (κ2) is 6.77. The first kappa shape index (κ1) is 17.0. The van der Waals surface area contributed by atoms with E-state index < -0.39 is 0 Å². The lowest BCUT2D eigenvalue weighted by Gasteiger charge is -2.15. The summed E-state index contributed by atoms with van der Waals surface area (Å²) in [6, 6.07) is 32.1. The van der Waals surface area contributed by atoms with Crippen molar-refractivity contribution >= 4 is 37.6 Å². The van der Waals surface area contributed by atoms with Crippen LogP contribution in [0.15, 0.2) is 106 Å². The molecule has 0 amide bonds. The lowest BCUT2D eigenvalue weighted by molar-refractivity contribution is 1.06. The number of para-hydroxylation sites is 1. The van der Waals surface area contributed by atoms with E-state index in [0.717, 1.165) is 43.0 Å². The fourth-order valence-electron chi connectivity index (χ4n) is 3.83. The fraction of sp³-hybridized carbons (Fsp3) is 0. The number of benzene rings is 4. The van der Waals surface area contributed by atoms with Crippen LogP contribution in [0, 0.1) is 0 Å². The van der Waals surface area contributed by atoms with Gasteiger partial charge >= 0.3 is 0 Å². The largest absolute Gasteiger partial charge is 0.276 e. The van der Waals surface area contributed by atoms with Gasteiger partial charge in [0.25, 0.3) is 5.56 Å². The molecule has 0 fully saturated rings. The normalized spacial score (nSPS) is 11.2. The predicted molar refractivity (Wildman–Crippen MR) is 120 cm³/mol. The molecule has 0 radical (unpaired) electrons. The summed E-state index contributed by atoms with van der Waals surface area (Å²) >= 11 is 3.48. The highest BCUT2D eigenvalue weighted by atomic mass is 79.9. The molecule has 0 atom stereocenters. The molecule has 0 aliphatic heterocycles. The summed E-state index contributed by atoms with van der Waals surface area (Å²) in [6.45, 7) is 0. The standard InChI is InChI=1S/C25H16BrNO/c26-18-13-15-19(16-14-18)27-23-12-5-4-9-21(23)22-11-6-10-20(24(22)25(27)28)17-7-2-1-3-8-17/h1-16H. The first-order valence-corrected chi connectivity index (χ1v) is 9.91. The van der Waals surface area contributed by atoms with Crippen LogP contribution in [0.4, 0.5) is 0 Å². The van der Waals surface area contributed by atoms with Crippen LogP contribution in [0.5, 0.6) is 0 Å². The van der Waals surface area contributed by atoms with Gasteiger partial charge in [0.1, 0.15) is 0 Å². The quantitative estimate of drug-likeness (QED) is 0.293. The van der Waals surface area contributed by atoms with E-state index in [4.69, 9.17) is 0 Å². The molecule has 28 heavy (non-hydrogen) atoms. The van der Waals surface area contributed by atoms with Gasteiger partial charge < -0.3 is 0 Å². The van der Waals surface area contributed by atoms with E-state index in [0.29, 0.717) is 0 Å². The summed E-state index contributed by atoms with van der Waals surface area (Å²) in [5, 5.41) is 2.79. The third-order valence-corrected chi connectivity index (χ3v) is 5.61. The monoisotopic (exact) mass is 425 g/mol.